The number of benzene rings is 1. The molecule has 4 nitrogen and oxygen atoms in total. The average molecular weight is 265 g/mol. The molecular formula is C15H23NO3. The fourth-order valence-corrected chi connectivity index (χ4v) is 2.18. The molecular weight excluding hydrogens is 242 g/mol. The molecule has 4 heteroatoms. The van der Waals surface area contributed by atoms with Crippen molar-refractivity contribution in [3.8, 4) is 5.75 Å². The molecule has 1 aliphatic heterocycles. The maximum Gasteiger partial charge on any atom is 0.119 e. The molecule has 0 aromatic heterocycles. The Morgan fingerprint density at radius 2 is 2.16 bits per heavy atom. The topological polar surface area (TPSA) is 41.9 Å². The lowest BCUT2D eigenvalue weighted by Gasteiger charge is -2.29. The van der Waals surface area contributed by atoms with E-state index in [0.29, 0.717) is 6.61 Å². The number of nitrogens with zero attached hydrogens (tertiary/aromatic N) is 1. The SMILES string of the molecule is CC[C@@H](O)c1ccc(OCC2CN(C)CCO2)cc1. The minimum absolute atomic E-state index is 0.139. The third-order valence-corrected chi connectivity index (χ3v) is 3.43. The zero-order valence-corrected chi connectivity index (χ0v) is 11.7. The summed E-state index contributed by atoms with van der Waals surface area (Å²) in [5.41, 5.74) is 0.934. The summed E-state index contributed by atoms with van der Waals surface area (Å²) in [6, 6.07) is 7.64. The Morgan fingerprint density at radius 1 is 1.42 bits per heavy atom. The molecule has 1 fully saturated rings. The molecule has 1 N–H and O–H groups in total. The monoisotopic (exact) mass is 265 g/mol. The number of likely N-dealkylation sites (N-methyl/N-ethyl adjacent to an activating group) is 1. The zero-order valence-electron chi connectivity index (χ0n) is 11.7. The summed E-state index contributed by atoms with van der Waals surface area (Å²) in [5.74, 6) is 0.823. The van der Waals surface area contributed by atoms with Gasteiger partial charge >= 0.3 is 0 Å². The average Bonchev–Trinajstić information content (AvgIpc) is 2.45. The molecule has 2 atom stereocenters. The Morgan fingerprint density at radius 3 is 2.79 bits per heavy atom. The van der Waals surface area contributed by atoms with E-state index in [0.717, 1.165) is 37.4 Å². The van der Waals surface area contributed by atoms with E-state index < -0.39 is 0 Å². The molecule has 0 spiro atoms. The Balaban J connectivity index is 1.82. The van der Waals surface area contributed by atoms with E-state index >= 15 is 0 Å². The highest BCUT2D eigenvalue weighted by Crippen LogP contribution is 2.20. The van der Waals surface area contributed by atoms with Gasteiger partial charge in [-0.15, -0.1) is 0 Å². The van der Waals surface area contributed by atoms with Crippen LogP contribution >= 0.6 is 0 Å². The van der Waals surface area contributed by atoms with Crippen molar-refractivity contribution in [1.82, 2.24) is 4.90 Å². The Kier molecular flexibility index (Phi) is 5.19. The summed E-state index contributed by atoms with van der Waals surface area (Å²) >= 11 is 0. The molecule has 1 unspecified atom stereocenters. The summed E-state index contributed by atoms with van der Waals surface area (Å²) in [7, 11) is 2.09. The van der Waals surface area contributed by atoms with Crippen LogP contribution < -0.4 is 4.74 Å². The molecule has 106 valence electrons. The summed E-state index contributed by atoms with van der Waals surface area (Å²) in [4.78, 5) is 2.25. The largest absolute Gasteiger partial charge is 0.491 e. The normalized spacial score (nSPS) is 22.2. The molecule has 1 saturated heterocycles. The maximum atomic E-state index is 9.72. The van der Waals surface area contributed by atoms with Crippen molar-refractivity contribution < 1.29 is 14.6 Å². The predicted octanol–water partition coefficient (Wildman–Crippen LogP) is 1.84. The van der Waals surface area contributed by atoms with Crippen molar-refractivity contribution in [1.29, 1.82) is 0 Å². The van der Waals surface area contributed by atoms with E-state index in [4.69, 9.17) is 9.47 Å². The highest BCUT2D eigenvalue weighted by molar-refractivity contribution is 5.28. The summed E-state index contributed by atoms with van der Waals surface area (Å²) < 4.78 is 11.4. The van der Waals surface area contributed by atoms with Gasteiger partial charge in [-0.05, 0) is 31.2 Å². The Labute approximate surface area is 114 Å². The molecule has 0 aliphatic carbocycles. The van der Waals surface area contributed by atoms with Crippen molar-refractivity contribution in [3.05, 3.63) is 29.8 Å². The fraction of sp³-hybridized carbons (Fsp3) is 0.600. The minimum atomic E-state index is -0.385. The van der Waals surface area contributed by atoms with E-state index in [-0.39, 0.29) is 12.2 Å². The van der Waals surface area contributed by atoms with Gasteiger partial charge in [0.05, 0.1) is 12.7 Å². The molecule has 1 aliphatic rings. The van der Waals surface area contributed by atoms with Gasteiger partial charge in [0.2, 0.25) is 0 Å². The van der Waals surface area contributed by atoms with Crippen molar-refractivity contribution in [3.63, 3.8) is 0 Å². The third-order valence-electron chi connectivity index (χ3n) is 3.43. The lowest BCUT2D eigenvalue weighted by atomic mass is 10.1. The molecule has 1 aromatic carbocycles. The van der Waals surface area contributed by atoms with Gasteiger partial charge in [0.15, 0.2) is 0 Å². The van der Waals surface area contributed by atoms with Crippen LogP contribution in [0.4, 0.5) is 0 Å². The molecule has 2 rings (SSSR count). The van der Waals surface area contributed by atoms with E-state index in [1.807, 2.05) is 31.2 Å². The van der Waals surface area contributed by atoms with Crippen molar-refractivity contribution >= 4 is 0 Å². The van der Waals surface area contributed by atoms with Gasteiger partial charge in [-0.2, -0.15) is 0 Å². The lowest BCUT2D eigenvalue weighted by Crippen LogP contribution is -2.42. The molecule has 0 bridgehead atoms. The molecule has 0 amide bonds. The van der Waals surface area contributed by atoms with Crippen LogP contribution in [0, 0.1) is 0 Å². The summed E-state index contributed by atoms with van der Waals surface area (Å²) in [5, 5.41) is 9.72. The Hall–Kier alpha value is -1.10. The van der Waals surface area contributed by atoms with Gasteiger partial charge in [-0.1, -0.05) is 19.1 Å². The van der Waals surface area contributed by atoms with Gasteiger partial charge in [0.1, 0.15) is 18.5 Å². The van der Waals surface area contributed by atoms with Crippen LogP contribution in [0.3, 0.4) is 0 Å². The van der Waals surface area contributed by atoms with E-state index in [2.05, 4.69) is 11.9 Å². The van der Waals surface area contributed by atoms with E-state index in [1.54, 1.807) is 0 Å². The number of rotatable bonds is 5. The predicted molar refractivity (Wildman–Crippen MR) is 74.4 cm³/mol. The maximum absolute atomic E-state index is 9.72. The number of aliphatic hydroxyl groups excluding tert-OH is 1. The first-order valence-electron chi connectivity index (χ1n) is 6.90. The smallest absolute Gasteiger partial charge is 0.119 e. The second-order valence-corrected chi connectivity index (χ2v) is 5.06. The Bertz CT molecular complexity index is 379. The van der Waals surface area contributed by atoms with Crippen LogP contribution in [0.15, 0.2) is 24.3 Å². The van der Waals surface area contributed by atoms with Crippen LogP contribution in [0.25, 0.3) is 0 Å². The van der Waals surface area contributed by atoms with Crippen molar-refractivity contribution in [2.24, 2.45) is 0 Å². The lowest BCUT2D eigenvalue weighted by molar-refractivity contribution is -0.0403. The highest BCUT2D eigenvalue weighted by Gasteiger charge is 2.18. The standard InChI is InChI=1S/C15H23NO3/c1-3-15(17)12-4-6-13(7-5-12)19-11-14-10-16(2)8-9-18-14/h4-7,14-15,17H,3,8-11H2,1-2H3/t14?,15-/m1/s1. The van der Waals surface area contributed by atoms with E-state index in [1.165, 1.54) is 0 Å². The second-order valence-electron chi connectivity index (χ2n) is 5.06. The zero-order chi connectivity index (χ0) is 13.7. The summed E-state index contributed by atoms with van der Waals surface area (Å²) in [6.45, 7) is 5.20. The van der Waals surface area contributed by atoms with Crippen LogP contribution in [-0.2, 0) is 4.74 Å². The second kappa shape index (κ2) is 6.89. The third kappa shape index (κ3) is 4.20. The van der Waals surface area contributed by atoms with E-state index in [9.17, 15) is 5.11 Å². The molecule has 1 aromatic rings. The van der Waals surface area contributed by atoms with Gasteiger partial charge in [0, 0.05) is 13.1 Å². The summed E-state index contributed by atoms with van der Waals surface area (Å²) in [6.07, 6.45) is 0.478. The first-order chi connectivity index (χ1) is 9.19. The molecule has 1 heterocycles. The number of hydrogen-bond acceptors (Lipinski definition) is 4. The van der Waals surface area contributed by atoms with Crippen LogP contribution in [0.1, 0.15) is 25.0 Å². The fourth-order valence-electron chi connectivity index (χ4n) is 2.18. The van der Waals surface area contributed by atoms with Gasteiger partial charge in [-0.3, -0.25) is 0 Å². The van der Waals surface area contributed by atoms with Crippen molar-refractivity contribution in [2.75, 3.05) is 33.4 Å². The number of morpholine rings is 1. The number of aliphatic hydroxyl groups is 1. The first kappa shape index (κ1) is 14.3. The molecule has 19 heavy (non-hydrogen) atoms. The quantitative estimate of drug-likeness (QED) is 0.882. The number of hydrogen-bond donors (Lipinski definition) is 1. The molecule has 0 saturated carbocycles. The van der Waals surface area contributed by atoms with Gasteiger partial charge in [-0.25, -0.2) is 0 Å². The van der Waals surface area contributed by atoms with Gasteiger partial charge < -0.3 is 19.5 Å². The van der Waals surface area contributed by atoms with Crippen LogP contribution in [0.5, 0.6) is 5.75 Å². The van der Waals surface area contributed by atoms with Gasteiger partial charge in [0.25, 0.3) is 0 Å². The van der Waals surface area contributed by atoms with Crippen molar-refractivity contribution in [2.45, 2.75) is 25.6 Å². The molecule has 0 radical (unpaired) electrons. The first-order valence-corrected chi connectivity index (χ1v) is 6.90. The van der Waals surface area contributed by atoms with Crippen LogP contribution in [-0.4, -0.2) is 49.5 Å². The van der Waals surface area contributed by atoms with Crippen LogP contribution in [0.2, 0.25) is 0 Å². The number of ether oxygens (including phenoxy) is 2. The highest BCUT2D eigenvalue weighted by atomic mass is 16.5. The minimum Gasteiger partial charge on any atom is -0.491 e.